The number of hydrogen-bond acceptors (Lipinski definition) is 5. The average Bonchev–Trinajstić information content (AvgIpc) is 2.84. The maximum atomic E-state index is 8.90. The third-order valence-corrected chi connectivity index (χ3v) is 3.77. The van der Waals surface area contributed by atoms with E-state index < -0.39 is 0 Å². The molecule has 0 saturated heterocycles. The summed E-state index contributed by atoms with van der Waals surface area (Å²) in [5, 5.41) is 16.3. The Balaban J connectivity index is 2.29. The predicted octanol–water partition coefficient (Wildman–Crippen LogP) is 2.44. The Hall–Kier alpha value is -1.85. The van der Waals surface area contributed by atoms with Crippen molar-refractivity contribution in [3.63, 3.8) is 0 Å². The molecule has 0 aliphatic carbocycles. The van der Waals surface area contributed by atoms with Gasteiger partial charge in [0.25, 0.3) is 0 Å². The normalized spacial score (nSPS) is 11.2. The van der Waals surface area contributed by atoms with Crippen LogP contribution in [-0.4, -0.2) is 23.2 Å². The summed E-state index contributed by atoms with van der Waals surface area (Å²) in [5.41, 5.74) is 7.38. The first kappa shape index (κ1) is 11.3. The Bertz CT molecular complexity index is 708. The van der Waals surface area contributed by atoms with Crippen LogP contribution in [0.25, 0.3) is 21.0 Å². The highest BCUT2D eigenvalue weighted by molar-refractivity contribution is 7.18. The van der Waals surface area contributed by atoms with E-state index in [9.17, 15) is 0 Å². The Kier molecular flexibility index (Phi) is 2.77. The predicted molar refractivity (Wildman–Crippen MR) is 77.1 cm³/mol. The summed E-state index contributed by atoms with van der Waals surface area (Å²) in [6.07, 6.45) is 0. The number of aliphatic hydroxyl groups excluding tert-OH is 1. The van der Waals surface area contributed by atoms with Gasteiger partial charge in [-0.2, -0.15) is 0 Å². The molecular weight excluding hydrogens is 246 g/mol. The van der Waals surface area contributed by atoms with E-state index in [1.165, 1.54) is 4.70 Å². The fourth-order valence-electron chi connectivity index (χ4n) is 2.03. The number of nitrogens with two attached hydrogens (primary N) is 1. The van der Waals surface area contributed by atoms with E-state index in [2.05, 4.69) is 10.3 Å². The maximum Gasteiger partial charge on any atom is 0.135 e. The molecular formula is C13H13N3OS. The summed E-state index contributed by atoms with van der Waals surface area (Å²) in [5.74, 6) is 0.804. The van der Waals surface area contributed by atoms with Crippen LogP contribution in [0, 0.1) is 0 Å². The number of nitrogens with zero attached hydrogens (tertiary/aromatic N) is 1. The van der Waals surface area contributed by atoms with Gasteiger partial charge in [0, 0.05) is 27.7 Å². The molecule has 0 unspecified atom stereocenters. The third-order valence-electron chi connectivity index (χ3n) is 2.82. The number of nitrogen functional groups attached to an aromatic ring is 1. The Morgan fingerprint density at radius 1 is 1.28 bits per heavy atom. The molecule has 0 fully saturated rings. The smallest absolute Gasteiger partial charge is 0.135 e. The molecule has 92 valence electrons. The second kappa shape index (κ2) is 4.44. The van der Waals surface area contributed by atoms with Crippen LogP contribution in [0.15, 0.2) is 29.6 Å². The van der Waals surface area contributed by atoms with Crippen molar-refractivity contribution >= 4 is 43.8 Å². The first-order valence-corrected chi connectivity index (χ1v) is 6.59. The minimum atomic E-state index is 0.0856. The molecule has 18 heavy (non-hydrogen) atoms. The number of anilines is 2. The van der Waals surface area contributed by atoms with Crippen molar-refractivity contribution in [2.45, 2.75) is 0 Å². The summed E-state index contributed by atoms with van der Waals surface area (Å²) in [7, 11) is 0. The molecule has 0 radical (unpaired) electrons. The summed E-state index contributed by atoms with van der Waals surface area (Å²) >= 11 is 1.69. The molecule has 2 heterocycles. The largest absolute Gasteiger partial charge is 0.399 e. The lowest BCUT2D eigenvalue weighted by Crippen LogP contribution is -2.07. The van der Waals surface area contributed by atoms with Gasteiger partial charge in [-0.25, -0.2) is 4.98 Å². The number of nitrogens with one attached hydrogen (secondary N) is 1. The molecule has 1 aromatic carbocycles. The van der Waals surface area contributed by atoms with Crippen molar-refractivity contribution in [1.29, 1.82) is 0 Å². The van der Waals surface area contributed by atoms with Crippen LogP contribution in [0.5, 0.6) is 0 Å². The van der Waals surface area contributed by atoms with Gasteiger partial charge in [-0.15, -0.1) is 11.3 Å². The summed E-state index contributed by atoms with van der Waals surface area (Å²) < 4.78 is 1.19. The van der Waals surface area contributed by atoms with Crippen molar-refractivity contribution in [3.05, 3.63) is 29.6 Å². The van der Waals surface area contributed by atoms with Crippen molar-refractivity contribution < 1.29 is 5.11 Å². The van der Waals surface area contributed by atoms with Crippen LogP contribution in [0.4, 0.5) is 11.5 Å². The van der Waals surface area contributed by atoms with Gasteiger partial charge < -0.3 is 16.2 Å². The van der Waals surface area contributed by atoms with Crippen LogP contribution in [0.2, 0.25) is 0 Å². The molecule has 3 aromatic rings. The van der Waals surface area contributed by atoms with Gasteiger partial charge in [0.05, 0.1) is 12.1 Å². The molecule has 0 aliphatic rings. The van der Waals surface area contributed by atoms with Gasteiger partial charge >= 0.3 is 0 Å². The van der Waals surface area contributed by atoms with E-state index in [0.717, 1.165) is 22.1 Å². The molecule has 0 saturated carbocycles. The summed E-state index contributed by atoms with van der Waals surface area (Å²) in [6, 6.07) is 7.82. The highest BCUT2D eigenvalue weighted by Gasteiger charge is 2.09. The lowest BCUT2D eigenvalue weighted by atomic mass is 10.1. The van der Waals surface area contributed by atoms with E-state index in [4.69, 9.17) is 10.8 Å². The van der Waals surface area contributed by atoms with Crippen molar-refractivity contribution in [1.82, 2.24) is 4.98 Å². The topological polar surface area (TPSA) is 71.2 Å². The number of benzene rings is 1. The van der Waals surface area contributed by atoms with Crippen molar-refractivity contribution in [2.75, 3.05) is 24.2 Å². The minimum Gasteiger partial charge on any atom is -0.399 e. The van der Waals surface area contributed by atoms with Gasteiger partial charge in [0.1, 0.15) is 5.82 Å². The van der Waals surface area contributed by atoms with Gasteiger partial charge in [-0.05, 0) is 29.6 Å². The van der Waals surface area contributed by atoms with Crippen LogP contribution in [0.3, 0.4) is 0 Å². The standard InChI is InChI=1S/C13H13N3OS/c14-8-1-2-9-11(7-8)16-13(15-4-5-17)10-3-6-18-12(9)10/h1-3,6-7,17H,4-5,14H2,(H,15,16). The molecule has 3 rings (SSSR count). The molecule has 5 heteroatoms. The molecule has 0 atom stereocenters. The van der Waals surface area contributed by atoms with E-state index in [1.807, 2.05) is 29.6 Å². The second-order valence-electron chi connectivity index (χ2n) is 4.05. The van der Waals surface area contributed by atoms with Crippen LogP contribution >= 0.6 is 11.3 Å². The molecule has 4 N–H and O–H groups in total. The quantitative estimate of drug-likeness (QED) is 0.632. The van der Waals surface area contributed by atoms with Gasteiger partial charge in [-0.3, -0.25) is 0 Å². The van der Waals surface area contributed by atoms with E-state index in [1.54, 1.807) is 11.3 Å². The fourth-order valence-corrected chi connectivity index (χ4v) is 2.96. The number of thiophene rings is 1. The highest BCUT2D eigenvalue weighted by atomic mass is 32.1. The molecule has 2 aromatic heterocycles. The second-order valence-corrected chi connectivity index (χ2v) is 4.97. The molecule has 4 nitrogen and oxygen atoms in total. The molecule has 0 spiro atoms. The van der Waals surface area contributed by atoms with E-state index in [0.29, 0.717) is 12.2 Å². The number of hydrogen-bond donors (Lipinski definition) is 3. The lowest BCUT2D eigenvalue weighted by molar-refractivity contribution is 0.311. The number of pyridine rings is 1. The summed E-state index contributed by atoms with van der Waals surface area (Å²) in [4.78, 5) is 4.58. The van der Waals surface area contributed by atoms with E-state index >= 15 is 0 Å². The highest BCUT2D eigenvalue weighted by Crippen LogP contribution is 2.33. The first-order chi connectivity index (χ1) is 8.79. The maximum absolute atomic E-state index is 8.90. The molecule has 0 aliphatic heterocycles. The average molecular weight is 259 g/mol. The number of aromatic nitrogens is 1. The van der Waals surface area contributed by atoms with Crippen LogP contribution in [0.1, 0.15) is 0 Å². The SMILES string of the molecule is Nc1ccc2c(c1)nc(NCCO)c1ccsc12. The third kappa shape index (κ3) is 1.77. The first-order valence-electron chi connectivity index (χ1n) is 5.71. The lowest BCUT2D eigenvalue weighted by Gasteiger charge is -2.08. The van der Waals surface area contributed by atoms with Crippen LogP contribution < -0.4 is 11.1 Å². The Labute approximate surface area is 108 Å². The number of aliphatic hydroxyl groups is 1. The van der Waals surface area contributed by atoms with Crippen molar-refractivity contribution in [2.24, 2.45) is 0 Å². The van der Waals surface area contributed by atoms with Gasteiger partial charge in [0.2, 0.25) is 0 Å². The number of fused-ring (bicyclic) bond motifs is 3. The Morgan fingerprint density at radius 3 is 3.00 bits per heavy atom. The Morgan fingerprint density at radius 2 is 2.17 bits per heavy atom. The molecule has 0 amide bonds. The zero-order valence-electron chi connectivity index (χ0n) is 9.68. The number of rotatable bonds is 3. The van der Waals surface area contributed by atoms with E-state index in [-0.39, 0.29) is 6.61 Å². The monoisotopic (exact) mass is 259 g/mol. The van der Waals surface area contributed by atoms with Gasteiger partial charge in [0.15, 0.2) is 0 Å². The molecule has 0 bridgehead atoms. The zero-order chi connectivity index (χ0) is 12.5. The van der Waals surface area contributed by atoms with Crippen LogP contribution in [-0.2, 0) is 0 Å². The van der Waals surface area contributed by atoms with Crippen molar-refractivity contribution in [3.8, 4) is 0 Å². The van der Waals surface area contributed by atoms with Gasteiger partial charge in [-0.1, -0.05) is 0 Å². The summed E-state index contributed by atoms with van der Waals surface area (Å²) in [6.45, 7) is 0.577. The zero-order valence-corrected chi connectivity index (χ0v) is 10.5. The fraction of sp³-hybridized carbons (Fsp3) is 0.154. The minimum absolute atomic E-state index is 0.0856.